The molecule has 0 aliphatic carbocycles. The molecule has 0 saturated carbocycles. The first kappa shape index (κ1) is 26.5. The van der Waals surface area contributed by atoms with Crippen LogP contribution >= 0.6 is 0 Å². The first-order valence-electron chi connectivity index (χ1n) is 12.6. The van der Waals surface area contributed by atoms with Crippen LogP contribution in [0.25, 0.3) is 11.3 Å². The molecule has 194 valence electrons. The van der Waals surface area contributed by atoms with Gasteiger partial charge >= 0.3 is 0 Å². The largest absolute Gasteiger partial charge is 0.439 e. The first-order chi connectivity index (χ1) is 18.0. The summed E-state index contributed by atoms with van der Waals surface area (Å²) in [7, 11) is 1.84. The van der Waals surface area contributed by atoms with Gasteiger partial charge < -0.3 is 14.6 Å². The number of aliphatic hydroxyl groups excluding tert-OH is 1. The molecular formula is C30H34FN3O3. The number of aliphatic hydroxyl groups is 1. The van der Waals surface area contributed by atoms with Crippen molar-refractivity contribution in [3.05, 3.63) is 102 Å². The molecule has 3 aromatic carbocycles. The summed E-state index contributed by atoms with van der Waals surface area (Å²) in [5.74, 6) is 0.795. The van der Waals surface area contributed by atoms with Crippen molar-refractivity contribution in [2.24, 2.45) is 7.05 Å². The lowest BCUT2D eigenvalue weighted by molar-refractivity contribution is 0.00850. The van der Waals surface area contributed by atoms with Crippen LogP contribution in [0.1, 0.15) is 24.5 Å². The molecule has 0 spiro atoms. The average molecular weight is 504 g/mol. The van der Waals surface area contributed by atoms with E-state index in [1.165, 1.54) is 12.1 Å². The van der Waals surface area contributed by atoms with E-state index in [1.807, 2.05) is 67.7 Å². The predicted octanol–water partition coefficient (Wildman–Crippen LogP) is 5.81. The van der Waals surface area contributed by atoms with Crippen LogP contribution in [0.2, 0.25) is 0 Å². The summed E-state index contributed by atoms with van der Waals surface area (Å²) in [6, 6.07) is 25.8. The zero-order valence-electron chi connectivity index (χ0n) is 21.4. The minimum absolute atomic E-state index is 0.243. The fraction of sp³-hybridized carbons (Fsp3) is 0.300. The molecule has 4 aromatic rings. The summed E-state index contributed by atoms with van der Waals surface area (Å²) in [5.41, 5.74) is 3.77. The number of benzene rings is 3. The van der Waals surface area contributed by atoms with Crippen LogP contribution in [-0.4, -0.2) is 45.6 Å². The van der Waals surface area contributed by atoms with E-state index in [0.29, 0.717) is 31.3 Å². The van der Waals surface area contributed by atoms with Crippen molar-refractivity contribution in [3.63, 3.8) is 0 Å². The Kier molecular flexibility index (Phi) is 9.43. The molecule has 37 heavy (non-hydrogen) atoms. The van der Waals surface area contributed by atoms with Crippen LogP contribution in [0, 0.1) is 5.82 Å². The number of rotatable bonds is 13. The molecule has 0 saturated heterocycles. The summed E-state index contributed by atoms with van der Waals surface area (Å²) < 4.78 is 27.2. The predicted molar refractivity (Wildman–Crippen MR) is 143 cm³/mol. The third-order valence-electron chi connectivity index (χ3n) is 5.98. The van der Waals surface area contributed by atoms with Gasteiger partial charge in [0.05, 0.1) is 24.9 Å². The van der Waals surface area contributed by atoms with Gasteiger partial charge in [-0.05, 0) is 42.8 Å². The molecule has 0 aliphatic rings. The van der Waals surface area contributed by atoms with Crippen LogP contribution in [-0.2, 0) is 24.9 Å². The van der Waals surface area contributed by atoms with Crippen molar-refractivity contribution in [1.82, 2.24) is 14.7 Å². The number of halogens is 1. The SMILES string of the molecule is CCCN(Cc1c(-c2ccccc2)nn(C)c1Oc1ccc(F)cc1)C[C@@H](O)COCc1ccccc1. The summed E-state index contributed by atoms with van der Waals surface area (Å²) in [5, 5.41) is 15.5. The minimum Gasteiger partial charge on any atom is -0.439 e. The fourth-order valence-corrected chi connectivity index (χ4v) is 4.28. The molecule has 4 rings (SSSR count). The van der Waals surface area contributed by atoms with Gasteiger partial charge in [-0.1, -0.05) is 67.6 Å². The second kappa shape index (κ2) is 13.1. The number of nitrogens with zero attached hydrogens (tertiary/aromatic N) is 3. The van der Waals surface area contributed by atoms with Gasteiger partial charge in [0, 0.05) is 25.7 Å². The minimum atomic E-state index is -0.645. The molecule has 0 amide bonds. The van der Waals surface area contributed by atoms with Crippen molar-refractivity contribution in [2.45, 2.75) is 32.6 Å². The van der Waals surface area contributed by atoms with Gasteiger partial charge in [-0.2, -0.15) is 5.10 Å². The van der Waals surface area contributed by atoms with Gasteiger partial charge in [-0.3, -0.25) is 4.90 Å². The van der Waals surface area contributed by atoms with Crippen LogP contribution in [0.3, 0.4) is 0 Å². The molecule has 1 atom stereocenters. The third kappa shape index (κ3) is 7.49. The Morgan fingerprint density at radius 2 is 1.65 bits per heavy atom. The van der Waals surface area contributed by atoms with Gasteiger partial charge in [0.1, 0.15) is 17.3 Å². The Balaban J connectivity index is 1.53. The smallest absolute Gasteiger partial charge is 0.222 e. The lowest BCUT2D eigenvalue weighted by Crippen LogP contribution is -2.35. The van der Waals surface area contributed by atoms with Crippen molar-refractivity contribution in [2.75, 3.05) is 19.7 Å². The standard InChI is InChI=1S/C30H34FN3O3/c1-3-18-34(19-26(35)22-36-21-23-10-6-4-7-11-23)20-28-29(24-12-8-5-9-13-24)32-33(2)30(28)37-27-16-14-25(31)15-17-27/h4-17,26,35H,3,18-22H2,1-2H3/t26-/m1/s1. The van der Waals surface area contributed by atoms with E-state index in [0.717, 1.165) is 35.3 Å². The highest BCUT2D eigenvalue weighted by Crippen LogP contribution is 2.34. The Morgan fingerprint density at radius 3 is 2.32 bits per heavy atom. The maximum atomic E-state index is 13.5. The zero-order valence-corrected chi connectivity index (χ0v) is 21.4. The zero-order chi connectivity index (χ0) is 26.0. The third-order valence-corrected chi connectivity index (χ3v) is 5.98. The first-order valence-corrected chi connectivity index (χ1v) is 12.6. The molecule has 6 nitrogen and oxygen atoms in total. The fourth-order valence-electron chi connectivity index (χ4n) is 4.28. The van der Waals surface area contributed by atoms with Crippen molar-refractivity contribution < 1.29 is 19.0 Å². The molecule has 1 N–H and O–H groups in total. The second-order valence-electron chi connectivity index (χ2n) is 9.07. The Morgan fingerprint density at radius 1 is 0.973 bits per heavy atom. The quantitative estimate of drug-likeness (QED) is 0.250. The molecule has 1 aromatic heterocycles. The van der Waals surface area contributed by atoms with Crippen molar-refractivity contribution in [1.29, 1.82) is 0 Å². The monoisotopic (exact) mass is 503 g/mol. The lowest BCUT2D eigenvalue weighted by atomic mass is 10.1. The number of aryl methyl sites for hydroxylation is 1. The van der Waals surface area contributed by atoms with Gasteiger partial charge in [-0.25, -0.2) is 9.07 Å². The maximum Gasteiger partial charge on any atom is 0.222 e. The van der Waals surface area contributed by atoms with Gasteiger partial charge in [0.15, 0.2) is 0 Å². The van der Waals surface area contributed by atoms with Gasteiger partial charge in [0.2, 0.25) is 5.88 Å². The van der Waals surface area contributed by atoms with Crippen molar-refractivity contribution >= 4 is 0 Å². The molecule has 0 radical (unpaired) electrons. The number of hydrogen-bond donors (Lipinski definition) is 1. The van der Waals surface area contributed by atoms with E-state index in [9.17, 15) is 9.50 Å². The maximum absolute atomic E-state index is 13.5. The van der Waals surface area contributed by atoms with E-state index < -0.39 is 6.10 Å². The van der Waals surface area contributed by atoms with Crippen molar-refractivity contribution in [3.8, 4) is 22.9 Å². The summed E-state index contributed by atoms with van der Waals surface area (Å²) in [6.45, 7) is 4.58. The summed E-state index contributed by atoms with van der Waals surface area (Å²) >= 11 is 0. The Bertz CT molecular complexity index is 1230. The lowest BCUT2D eigenvalue weighted by Gasteiger charge is -2.25. The average Bonchev–Trinajstić information content (AvgIpc) is 3.21. The van der Waals surface area contributed by atoms with E-state index in [2.05, 4.69) is 11.8 Å². The van der Waals surface area contributed by atoms with Crippen LogP contribution in [0.5, 0.6) is 11.6 Å². The van der Waals surface area contributed by atoms with E-state index in [1.54, 1.807) is 16.8 Å². The molecule has 0 aliphatic heterocycles. The van der Waals surface area contributed by atoms with Crippen LogP contribution in [0.4, 0.5) is 4.39 Å². The van der Waals surface area contributed by atoms with Crippen LogP contribution < -0.4 is 4.74 Å². The molecule has 7 heteroatoms. The number of hydrogen-bond acceptors (Lipinski definition) is 5. The second-order valence-corrected chi connectivity index (χ2v) is 9.07. The molecular weight excluding hydrogens is 469 g/mol. The highest BCUT2D eigenvalue weighted by Gasteiger charge is 2.23. The summed E-state index contributed by atoms with van der Waals surface area (Å²) in [6.07, 6.45) is 0.278. The van der Waals surface area contributed by atoms with E-state index in [4.69, 9.17) is 14.6 Å². The van der Waals surface area contributed by atoms with E-state index >= 15 is 0 Å². The number of aromatic nitrogens is 2. The van der Waals surface area contributed by atoms with Gasteiger partial charge in [0.25, 0.3) is 0 Å². The van der Waals surface area contributed by atoms with E-state index in [-0.39, 0.29) is 12.4 Å². The Hall–Kier alpha value is -3.52. The molecule has 1 heterocycles. The Labute approximate surface area is 217 Å². The topological polar surface area (TPSA) is 59.8 Å². The number of ether oxygens (including phenoxy) is 2. The molecule has 0 bridgehead atoms. The van der Waals surface area contributed by atoms with Crippen LogP contribution in [0.15, 0.2) is 84.9 Å². The highest BCUT2D eigenvalue weighted by atomic mass is 19.1. The summed E-state index contributed by atoms with van der Waals surface area (Å²) in [4.78, 5) is 2.19. The normalized spacial score (nSPS) is 12.1. The molecule has 0 unspecified atom stereocenters. The highest BCUT2D eigenvalue weighted by molar-refractivity contribution is 5.65. The molecule has 0 fully saturated rings. The van der Waals surface area contributed by atoms with Gasteiger partial charge in [-0.15, -0.1) is 0 Å².